The molecule has 0 bridgehead atoms. The Morgan fingerprint density at radius 2 is 1.60 bits per heavy atom. The quantitative estimate of drug-likeness (QED) is 0.780. The maximum Gasteiger partial charge on any atom is 0.217 e. The number of benzene rings is 1. The van der Waals surface area contributed by atoms with Crippen LogP contribution in [0.3, 0.4) is 0 Å². The Kier molecular flexibility index (Phi) is 4.10. The van der Waals surface area contributed by atoms with E-state index in [-0.39, 0.29) is 0 Å². The maximum atomic E-state index is 5.79. The van der Waals surface area contributed by atoms with E-state index in [0.717, 1.165) is 0 Å². The van der Waals surface area contributed by atoms with Crippen molar-refractivity contribution in [1.82, 2.24) is 0 Å². The zero-order chi connectivity index (χ0) is 15.2. The van der Waals surface area contributed by atoms with Gasteiger partial charge in [0.05, 0.1) is 0 Å². The molecule has 0 spiro atoms. The lowest BCUT2D eigenvalue weighted by Crippen LogP contribution is -2.55. The van der Waals surface area contributed by atoms with E-state index in [1.165, 1.54) is 23.0 Å². The van der Waals surface area contributed by atoms with Crippen molar-refractivity contribution < 1.29 is 4.43 Å². The van der Waals surface area contributed by atoms with Crippen molar-refractivity contribution in [2.45, 2.75) is 51.4 Å². The molecule has 0 atom stereocenters. The minimum atomic E-state index is -1.72. The van der Waals surface area contributed by atoms with Crippen molar-refractivity contribution in [1.29, 1.82) is 0 Å². The Labute approximate surface area is 127 Å². The second-order valence-electron chi connectivity index (χ2n) is 7.73. The first-order valence-electron chi connectivity index (χ1n) is 7.56. The highest BCUT2D eigenvalue weighted by molar-refractivity contribution is 7.04. The standard InChI is InChI=1S/C15H29NOSi3/c1-17-20(6,7)15-10-8-9-14(13-15)16-18(2,3)11-12-19(16,4)5/h8-10,13H,11-12H2,1-7H3. The lowest BCUT2D eigenvalue weighted by molar-refractivity contribution is 0.416. The fraction of sp³-hybridized carbons (Fsp3) is 0.600. The van der Waals surface area contributed by atoms with E-state index >= 15 is 0 Å². The van der Waals surface area contributed by atoms with E-state index in [0.29, 0.717) is 0 Å². The van der Waals surface area contributed by atoms with E-state index in [1.54, 1.807) is 0 Å². The van der Waals surface area contributed by atoms with Gasteiger partial charge in [0, 0.05) is 12.8 Å². The molecule has 0 amide bonds. The lowest BCUT2D eigenvalue weighted by atomic mass is 10.3. The van der Waals surface area contributed by atoms with Gasteiger partial charge >= 0.3 is 0 Å². The number of hydrogen-bond donors (Lipinski definition) is 0. The molecule has 0 radical (unpaired) electrons. The highest BCUT2D eigenvalue weighted by Crippen LogP contribution is 2.40. The summed E-state index contributed by atoms with van der Waals surface area (Å²) in [4.78, 5) is 0. The van der Waals surface area contributed by atoms with E-state index in [4.69, 9.17) is 4.43 Å². The summed E-state index contributed by atoms with van der Waals surface area (Å²) in [6.07, 6.45) is 0. The van der Waals surface area contributed by atoms with Crippen LogP contribution in [-0.4, -0.2) is 31.9 Å². The van der Waals surface area contributed by atoms with Gasteiger partial charge in [-0.2, -0.15) is 0 Å². The average molecular weight is 324 g/mol. The van der Waals surface area contributed by atoms with Crippen LogP contribution in [0, 0.1) is 0 Å². The second-order valence-corrected chi connectivity index (χ2v) is 21.3. The highest BCUT2D eigenvalue weighted by atomic mass is 28.4. The van der Waals surface area contributed by atoms with Gasteiger partial charge in [-0.05, 0) is 42.5 Å². The van der Waals surface area contributed by atoms with Gasteiger partial charge in [0.25, 0.3) is 0 Å². The smallest absolute Gasteiger partial charge is 0.217 e. The van der Waals surface area contributed by atoms with Gasteiger partial charge in [0.15, 0.2) is 0 Å². The molecule has 2 rings (SSSR count). The molecule has 5 heteroatoms. The first-order valence-corrected chi connectivity index (χ1v) is 16.8. The normalized spacial score (nSPS) is 21.2. The fourth-order valence-electron chi connectivity index (χ4n) is 3.49. The minimum absolute atomic E-state index is 1.27. The molecule has 20 heavy (non-hydrogen) atoms. The molecule has 0 N–H and O–H groups in total. The Balaban J connectivity index is 2.46. The van der Waals surface area contributed by atoms with Gasteiger partial charge < -0.3 is 8.66 Å². The van der Waals surface area contributed by atoms with Crippen LogP contribution < -0.4 is 9.42 Å². The van der Waals surface area contributed by atoms with Crippen LogP contribution in [0.1, 0.15) is 0 Å². The van der Waals surface area contributed by atoms with Gasteiger partial charge in [-0.15, -0.1) is 0 Å². The number of hydrogen-bond acceptors (Lipinski definition) is 2. The van der Waals surface area contributed by atoms with Crippen molar-refractivity contribution in [3.05, 3.63) is 24.3 Å². The number of nitrogens with zero attached hydrogens (tertiary/aromatic N) is 1. The molecule has 1 aliphatic rings. The average Bonchev–Trinajstić information content (AvgIpc) is 2.58. The molecule has 0 aliphatic carbocycles. The Hall–Kier alpha value is -0.369. The Morgan fingerprint density at radius 3 is 2.10 bits per heavy atom. The summed E-state index contributed by atoms with van der Waals surface area (Å²) in [6, 6.07) is 12.1. The van der Waals surface area contributed by atoms with Gasteiger partial charge in [0.2, 0.25) is 8.32 Å². The summed E-state index contributed by atoms with van der Waals surface area (Å²) in [5.74, 6) is 0. The van der Waals surface area contributed by atoms with Crippen molar-refractivity contribution in [2.75, 3.05) is 11.3 Å². The van der Waals surface area contributed by atoms with Crippen molar-refractivity contribution in [2.24, 2.45) is 0 Å². The van der Waals surface area contributed by atoms with E-state index in [1.807, 2.05) is 7.11 Å². The Morgan fingerprint density at radius 1 is 1.05 bits per heavy atom. The fourth-order valence-corrected chi connectivity index (χ4v) is 19.0. The molecule has 0 aromatic heterocycles. The van der Waals surface area contributed by atoms with Crippen LogP contribution in [0.25, 0.3) is 0 Å². The molecule has 2 nitrogen and oxygen atoms in total. The van der Waals surface area contributed by atoms with Gasteiger partial charge in [-0.1, -0.05) is 38.3 Å². The van der Waals surface area contributed by atoms with E-state index < -0.39 is 24.8 Å². The molecule has 1 fully saturated rings. The third kappa shape index (κ3) is 2.81. The van der Waals surface area contributed by atoms with Crippen LogP contribution in [0.5, 0.6) is 0 Å². The summed E-state index contributed by atoms with van der Waals surface area (Å²) >= 11 is 0. The molecule has 1 aliphatic heterocycles. The van der Waals surface area contributed by atoms with E-state index in [2.05, 4.69) is 67.8 Å². The number of rotatable bonds is 3. The zero-order valence-electron chi connectivity index (χ0n) is 14.1. The SMILES string of the molecule is CO[Si](C)(C)c1cccc(N2[Si](C)(C)CC[Si]2(C)C)c1. The predicted octanol–water partition coefficient (Wildman–Crippen LogP) is 3.98. The van der Waals surface area contributed by atoms with E-state index in [9.17, 15) is 0 Å². The molecule has 1 saturated heterocycles. The Bertz CT molecular complexity index is 484. The third-order valence-electron chi connectivity index (χ3n) is 4.87. The van der Waals surface area contributed by atoms with Gasteiger partial charge in [-0.3, -0.25) is 0 Å². The number of anilines is 1. The first-order chi connectivity index (χ1) is 9.10. The summed E-state index contributed by atoms with van der Waals surface area (Å²) < 4.78 is 8.67. The van der Waals surface area contributed by atoms with Crippen LogP contribution in [0.15, 0.2) is 24.3 Å². The monoisotopic (exact) mass is 323 g/mol. The van der Waals surface area contributed by atoms with Gasteiger partial charge in [-0.25, -0.2) is 0 Å². The maximum absolute atomic E-state index is 5.79. The van der Waals surface area contributed by atoms with Crippen molar-refractivity contribution >= 4 is 35.7 Å². The zero-order valence-corrected chi connectivity index (χ0v) is 17.1. The molecule has 1 aromatic carbocycles. The molecule has 112 valence electrons. The second kappa shape index (κ2) is 5.12. The molecular formula is C15H29NOSi3. The first kappa shape index (κ1) is 16.0. The van der Waals surface area contributed by atoms with Crippen LogP contribution in [0.4, 0.5) is 5.69 Å². The van der Waals surface area contributed by atoms with Crippen molar-refractivity contribution in [3.63, 3.8) is 0 Å². The minimum Gasteiger partial charge on any atom is -0.424 e. The largest absolute Gasteiger partial charge is 0.424 e. The summed E-state index contributed by atoms with van der Waals surface area (Å²) in [7, 11) is -2.41. The molecule has 0 unspecified atom stereocenters. The van der Waals surface area contributed by atoms with Crippen molar-refractivity contribution in [3.8, 4) is 0 Å². The van der Waals surface area contributed by atoms with Crippen LogP contribution in [-0.2, 0) is 4.43 Å². The topological polar surface area (TPSA) is 12.5 Å². The molecular weight excluding hydrogens is 294 g/mol. The predicted molar refractivity (Wildman–Crippen MR) is 97.6 cm³/mol. The molecule has 0 saturated carbocycles. The molecule has 1 aromatic rings. The molecule has 1 heterocycles. The summed E-state index contributed by atoms with van der Waals surface area (Å²) in [5.41, 5.74) is 1.46. The van der Waals surface area contributed by atoms with Crippen LogP contribution in [0.2, 0.25) is 51.4 Å². The summed E-state index contributed by atoms with van der Waals surface area (Å²) in [5, 5.41) is 1.42. The third-order valence-corrected chi connectivity index (χ3v) is 17.6. The lowest BCUT2D eigenvalue weighted by Gasteiger charge is -2.42. The highest BCUT2D eigenvalue weighted by Gasteiger charge is 2.47. The summed E-state index contributed by atoms with van der Waals surface area (Å²) in [6.45, 7) is 14.7. The van der Waals surface area contributed by atoms with Gasteiger partial charge in [0.1, 0.15) is 16.5 Å². The van der Waals surface area contributed by atoms with Crippen LogP contribution >= 0.6 is 0 Å².